The van der Waals surface area contributed by atoms with Crippen LogP contribution in [0.5, 0.6) is 0 Å². The quantitative estimate of drug-likeness (QED) is 0.792. The lowest BCUT2D eigenvalue weighted by atomic mass is 10.2. The van der Waals surface area contributed by atoms with Crippen LogP contribution in [0.4, 0.5) is 0 Å². The summed E-state index contributed by atoms with van der Waals surface area (Å²) in [6, 6.07) is 4.99. The van der Waals surface area contributed by atoms with Gasteiger partial charge in [-0.2, -0.15) is 0 Å². The lowest BCUT2D eigenvalue weighted by molar-refractivity contribution is 0.0699. The smallest absolute Gasteiger partial charge is 0.337 e. The Kier molecular flexibility index (Phi) is 1.94. The van der Waals surface area contributed by atoms with Gasteiger partial charge in [0.25, 0.3) is 0 Å². The predicted molar refractivity (Wildman–Crippen MR) is 51.6 cm³/mol. The number of aromatic nitrogens is 1. The first-order valence-corrected chi connectivity index (χ1v) is 4.66. The fraction of sp³-hybridized carbons (Fsp3) is 0. The third kappa shape index (κ3) is 1.38. The first-order chi connectivity index (χ1) is 6.18. The molecule has 0 radical (unpaired) electrons. The number of nitrogens with zero attached hydrogens (tertiary/aromatic N) is 1. The second-order valence-electron chi connectivity index (χ2n) is 2.42. The van der Waals surface area contributed by atoms with Crippen LogP contribution in [0.1, 0.15) is 10.4 Å². The van der Waals surface area contributed by atoms with Gasteiger partial charge in [0.2, 0.25) is 0 Å². The zero-order valence-corrected chi connectivity index (χ0v) is 7.89. The summed E-state index contributed by atoms with van der Waals surface area (Å²) in [5, 5.41) is 8.81. The van der Waals surface area contributed by atoms with Gasteiger partial charge in [-0.1, -0.05) is 17.7 Å². The highest BCUT2D eigenvalue weighted by atomic mass is 35.5. The molecule has 0 saturated heterocycles. The van der Waals surface area contributed by atoms with Crippen molar-refractivity contribution in [1.29, 1.82) is 0 Å². The standard InChI is InChI=1S/C8H4ClNO2S/c9-8-10-6-4(7(11)12)2-1-3-5(6)13-8/h1-3H,(H,11,12). The van der Waals surface area contributed by atoms with E-state index in [4.69, 9.17) is 16.7 Å². The summed E-state index contributed by atoms with van der Waals surface area (Å²) < 4.78 is 1.16. The van der Waals surface area contributed by atoms with Crippen molar-refractivity contribution >= 4 is 39.1 Å². The zero-order chi connectivity index (χ0) is 9.42. The maximum absolute atomic E-state index is 10.7. The molecular weight excluding hydrogens is 210 g/mol. The molecule has 1 N–H and O–H groups in total. The van der Waals surface area contributed by atoms with Crippen LogP contribution in [0.3, 0.4) is 0 Å². The number of aromatic carboxylic acids is 1. The van der Waals surface area contributed by atoms with Gasteiger partial charge in [0, 0.05) is 0 Å². The summed E-state index contributed by atoms with van der Waals surface area (Å²) >= 11 is 6.95. The lowest BCUT2D eigenvalue weighted by Gasteiger charge is -1.93. The van der Waals surface area contributed by atoms with Crippen LogP contribution in [0.2, 0.25) is 4.47 Å². The largest absolute Gasteiger partial charge is 0.478 e. The number of carboxylic acid groups (broad SMARTS) is 1. The normalized spacial score (nSPS) is 10.5. The fourth-order valence-corrected chi connectivity index (χ4v) is 2.15. The number of halogens is 1. The molecule has 0 amide bonds. The monoisotopic (exact) mass is 213 g/mol. The van der Waals surface area contributed by atoms with Gasteiger partial charge >= 0.3 is 5.97 Å². The van der Waals surface area contributed by atoms with Gasteiger partial charge in [-0.15, -0.1) is 11.3 Å². The molecule has 0 aliphatic rings. The minimum absolute atomic E-state index is 0.195. The molecule has 1 aromatic carbocycles. The van der Waals surface area contributed by atoms with Gasteiger partial charge in [0.15, 0.2) is 4.47 Å². The van der Waals surface area contributed by atoms with Gasteiger partial charge in [0.1, 0.15) is 0 Å². The molecule has 66 valence electrons. The number of hydrogen-bond acceptors (Lipinski definition) is 3. The van der Waals surface area contributed by atoms with Crippen LogP contribution >= 0.6 is 22.9 Å². The molecule has 0 atom stereocenters. The minimum Gasteiger partial charge on any atom is -0.478 e. The van der Waals surface area contributed by atoms with E-state index in [2.05, 4.69) is 4.98 Å². The summed E-state index contributed by atoms with van der Waals surface area (Å²) in [5.41, 5.74) is 0.658. The second kappa shape index (κ2) is 2.97. The van der Waals surface area contributed by atoms with Crippen molar-refractivity contribution < 1.29 is 9.90 Å². The molecule has 0 spiro atoms. The van der Waals surface area contributed by atoms with Crippen LogP contribution in [-0.2, 0) is 0 Å². The molecule has 0 aliphatic carbocycles. The third-order valence-electron chi connectivity index (χ3n) is 1.62. The van der Waals surface area contributed by atoms with Crippen LogP contribution in [0, 0.1) is 0 Å². The fourth-order valence-electron chi connectivity index (χ4n) is 1.09. The Labute approximate surface area is 82.6 Å². The predicted octanol–water partition coefficient (Wildman–Crippen LogP) is 2.65. The van der Waals surface area contributed by atoms with Crippen molar-refractivity contribution in [2.75, 3.05) is 0 Å². The molecule has 0 fully saturated rings. The molecule has 0 unspecified atom stereocenters. The van der Waals surface area contributed by atoms with E-state index in [0.29, 0.717) is 9.98 Å². The number of hydrogen-bond donors (Lipinski definition) is 1. The summed E-state index contributed by atoms with van der Waals surface area (Å²) in [4.78, 5) is 14.7. The van der Waals surface area contributed by atoms with Crippen LogP contribution < -0.4 is 0 Å². The highest BCUT2D eigenvalue weighted by molar-refractivity contribution is 7.22. The molecule has 13 heavy (non-hydrogen) atoms. The van der Waals surface area contributed by atoms with Crippen molar-refractivity contribution in [3.05, 3.63) is 28.2 Å². The lowest BCUT2D eigenvalue weighted by Crippen LogP contribution is -1.96. The molecule has 2 aromatic rings. The van der Waals surface area contributed by atoms with Gasteiger partial charge in [-0.05, 0) is 12.1 Å². The average molecular weight is 214 g/mol. The summed E-state index contributed by atoms with van der Waals surface area (Å²) in [7, 11) is 0. The third-order valence-corrected chi connectivity index (χ3v) is 2.75. The Bertz CT molecular complexity index is 480. The highest BCUT2D eigenvalue weighted by Crippen LogP contribution is 2.27. The van der Waals surface area contributed by atoms with Crippen LogP contribution in [0.25, 0.3) is 10.2 Å². The SMILES string of the molecule is O=C(O)c1cccc2sc(Cl)nc12. The summed E-state index contributed by atoms with van der Waals surface area (Å²) in [5.74, 6) is -0.979. The van der Waals surface area contributed by atoms with Gasteiger partial charge < -0.3 is 5.11 Å². The van der Waals surface area contributed by atoms with Crippen molar-refractivity contribution in [3.8, 4) is 0 Å². The maximum atomic E-state index is 10.7. The van der Waals surface area contributed by atoms with Crippen molar-refractivity contribution in [2.45, 2.75) is 0 Å². The summed E-state index contributed by atoms with van der Waals surface area (Å²) in [6.45, 7) is 0. The van der Waals surface area contributed by atoms with Gasteiger partial charge in [0.05, 0.1) is 15.8 Å². The number of benzene rings is 1. The number of fused-ring (bicyclic) bond motifs is 1. The number of carboxylic acids is 1. The molecule has 0 saturated carbocycles. The molecule has 1 aromatic heterocycles. The average Bonchev–Trinajstić information content (AvgIpc) is 2.43. The van der Waals surface area contributed by atoms with Gasteiger partial charge in [-0.25, -0.2) is 9.78 Å². The van der Waals surface area contributed by atoms with E-state index in [-0.39, 0.29) is 5.56 Å². The van der Waals surface area contributed by atoms with E-state index >= 15 is 0 Å². The minimum atomic E-state index is -0.979. The van der Waals surface area contributed by atoms with E-state index in [9.17, 15) is 4.79 Å². The van der Waals surface area contributed by atoms with E-state index in [1.54, 1.807) is 12.1 Å². The molecule has 2 rings (SSSR count). The van der Waals surface area contributed by atoms with Crippen LogP contribution in [0.15, 0.2) is 18.2 Å². The number of rotatable bonds is 1. The van der Waals surface area contributed by atoms with Crippen molar-refractivity contribution in [2.24, 2.45) is 0 Å². The second-order valence-corrected chi connectivity index (χ2v) is 4.04. The molecular formula is C8H4ClNO2S. The topological polar surface area (TPSA) is 50.2 Å². The van der Waals surface area contributed by atoms with Crippen molar-refractivity contribution in [1.82, 2.24) is 4.98 Å². The molecule has 0 aliphatic heterocycles. The highest BCUT2D eigenvalue weighted by Gasteiger charge is 2.11. The van der Waals surface area contributed by atoms with E-state index in [0.717, 1.165) is 4.70 Å². The van der Waals surface area contributed by atoms with Crippen LogP contribution in [-0.4, -0.2) is 16.1 Å². The Hall–Kier alpha value is -1.13. The van der Waals surface area contributed by atoms with Gasteiger partial charge in [-0.3, -0.25) is 0 Å². The van der Waals surface area contributed by atoms with Crippen molar-refractivity contribution in [3.63, 3.8) is 0 Å². The maximum Gasteiger partial charge on any atom is 0.337 e. The molecule has 1 heterocycles. The Morgan fingerprint density at radius 2 is 2.31 bits per heavy atom. The molecule has 3 nitrogen and oxygen atoms in total. The Morgan fingerprint density at radius 3 is 3.00 bits per heavy atom. The first-order valence-electron chi connectivity index (χ1n) is 3.47. The van der Waals surface area contributed by atoms with E-state index in [1.807, 2.05) is 0 Å². The molecule has 5 heteroatoms. The number of thiazole rings is 1. The number of carbonyl (C=O) groups is 1. The van der Waals surface area contributed by atoms with E-state index in [1.165, 1.54) is 17.4 Å². The van der Waals surface area contributed by atoms with E-state index < -0.39 is 5.97 Å². The zero-order valence-electron chi connectivity index (χ0n) is 6.32. The Morgan fingerprint density at radius 1 is 1.54 bits per heavy atom. The molecule has 0 bridgehead atoms. The Balaban J connectivity index is 2.82. The summed E-state index contributed by atoms with van der Waals surface area (Å²) in [6.07, 6.45) is 0. The number of para-hydroxylation sites is 1. The first kappa shape index (κ1) is 8.47.